The fourth-order valence-electron chi connectivity index (χ4n) is 4.83. The van der Waals surface area contributed by atoms with Crippen molar-refractivity contribution in [1.29, 1.82) is 0 Å². The van der Waals surface area contributed by atoms with Gasteiger partial charge in [0.15, 0.2) is 0 Å². The highest BCUT2D eigenvalue weighted by Gasteiger charge is 2.09. The summed E-state index contributed by atoms with van der Waals surface area (Å²) in [5, 5.41) is 0. The van der Waals surface area contributed by atoms with Crippen molar-refractivity contribution in [2.24, 2.45) is 0 Å². The zero-order valence-electron chi connectivity index (χ0n) is 26.0. The third-order valence-electron chi connectivity index (χ3n) is 7.34. The molecule has 0 radical (unpaired) electrons. The van der Waals surface area contributed by atoms with Gasteiger partial charge in [0.2, 0.25) is 0 Å². The van der Waals surface area contributed by atoms with E-state index in [1.165, 1.54) is 103 Å². The van der Waals surface area contributed by atoms with Crippen LogP contribution < -0.4 is 4.74 Å². The van der Waals surface area contributed by atoms with E-state index in [2.05, 4.69) is 13.8 Å². The standard InChI is InChI=1S/C24H50O2S.C12H10O/c1-3-5-7-9-11-13-15-17-19-21-23-27(25,26)24-22-20-18-16-14-12-10-8-6-4-2;1-3-7-11(8-4-1)13-12-9-5-2-6-10-12/h3-24H2,1-2H3;1-10H. The highest BCUT2D eigenvalue weighted by molar-refractivity contribution is 7.91. The summed E-state index contributed by atoms with van der Waals surface area (Å²) in [6.07, 6.45) is 25.2. The molecule has 2 rings (SSSR count). The number of hydrogen-bond acceptors (Lipinski definition) is 3. The summed E-state index contributed by atoms with van der Waals surface area (Å²) in [5.41, 5.74) is 0. The summed E-state index contributed by atoms with van der Waals surface area (Å²) in [4.78, 5) is 0. The van der Waals surface area contributed by atoms with Gasteiger partial charge in [-0.25, -0.2) is 8.42 Å². The SMILES string of the molecule is CCCCCCCCCCCCS(=O)(=O)CCCCCCCCCCCC.c1ccc(Oc2ccccc2)cc1. The molecular formula is C36H60O3S. The molecule has 2 aromatic rings. The Labute approximate surface area is 248 Å². The molecular weight excluding hydrogens is 512 g/mol. The maximum Gasteiger partial charge on any atom is 0.150 e. The fourth-order valence-corrected chi connectivity index (χ4v) is 6.33. The average molecular weight is 573 g/mol. The maximum atomic E-state index is 12.1. The van der Waals surface area contributed by atoms with Crippen molar-refractivity contribution in [2.75, 3.05) is 11.5 Å². The zero-order chi connectivity index (χ0) is 29.0. The smallest absolute Gasteiger partial charge is 0.150 e. The number of benzene rings is 2. The van der Waals surface area contributed by atoms with Crippen LogP contribution in [0.5, 0.6) is 11.5 Å². The van der Waals surface area contributed by atoms with Crippen LogP contribution in [0.2, 0.25) is 0 Å². The number of hydrogen-bond donors (Lipinski definition) is 0. The van der Waals surface area contributed by atoms with Crippen LogP contribution in [0, 0.1) is 0 Å². The largest absolute Gasteiger partial charge is 0.457 e. The van der Waals surface area contributed by atoms with Crippen molar-refractivity contribution in [3.8, 4) is 11.5 Å². The molecule has 40 heavy (non-hydrogen) atoms. The number of rotatable bonds is 24. The minimum absolute atomic E-state index is 0.418. The van der Waals surface area contributed by atoms with Gasteiger partial charge in [0, 0.05) is 0 Å². The summed E-state index contributed by atoms with van der Waals surface area (Å²) in [5.74, 6) is 2.57. The molecule has 0 saturated carbocycles. The lowest BCUT2D eigenvalue weighted by molar-refractivity contribution is 0.482. The Kier molecular flexibility index (Phi) is 23.6. The van der Waals surface area contributed by atoms with E-state index in [0.29, 0.717) is 11.5 Å². The molecule has 0 aromatic heterocycles. The van der Waals surface area contributed by atoms with Crippen molar-refractivity contribution in [3.05, 3.63) is 60.7 Å². The lowest BCUT2D eigenvalue weighted by atomic mass is 10.1. The van der Waals surface area contributed by atoms with Gasteiger partial charge in [-0.2, -0.15) is 0 Å². The number of ether oxygens (including phenoxy) is 1. The topological polar surface area (TPSA) is 43.4 Å². The molecule has 3 nitrogen and oxygen atoms in total. The monoisotopic (exact) mass is 572 g/mol. The molecule has 228 valence electrons. The Morgan fingerprint density at radius 2 is 0.700 bits per heavy atom. The summed E-state index contributed by atoms with van der Waals surface area (Å²) in [6, 6.07) is 19.5. The van der Waals surface area contributed by atoms with Gasteiger partial charge in [-0.05, 0) is 37.1 Å². The van der Waals surface area contributed by atoms with Gasteiger partial charge in [0.25, 0.3) is 0 Å². The molecule has 0 aliphatic carbocycles. The molecule has 4 heteroatoms. The van der Waals surface area contributed by atoms with Crippen LogP contribution in [0.4, 0.5) is 0 Å². The number of unbranched alkanes of at least 4 members (excludes halogenated alkanes) is 18. The van der Waals surface area contributed by atoms with Gasteiger partial charge in [-0.1, -0.05) is 166 Å². The Balaban J connectivity index is 0.000000504. The first-order valence-corrected chi connectivity index (χ1v) is 18.4. The van der Waals surface area contributed by atoms with Gasteiger partial charge in [-0.15, -0.1) is 0 Å². The molecule has 0 atom stereocenters. The highest BCUT2D eigenvalue weighted by atomic mass is 32.2. The van der Waals surface area contributed by atoms with Gasteiger partial charge >= 0.3 is 0 Å². The van der Waals surface area contributed by atoms with Crippen LogP contribution in [-0.2, 0) is 9.84 Å². The van der Waals surface area contributed by atoms with E-state index < -0.39 is 9.84 Å². The van der Waals surface area contributed by atoms with Gasteiger partial charge < -0.3 is 4.74 Å². The lowest BCUT2D eigenvalue weighted by Crippen LogP contribution is -2.11. The molecule has 0 N–H and O–H groups in total. The minimum atomic E-state index is -2.80. The molecule has 0 saturated heterocycles. The van der Waals surface area contributed by atoms with Crippen molar-refractivity contribution in [2.45, 2.75) is 142 Å². The van der Waals surface area contributed by atoms with E-state index in [1.807, 2.05) is 60.7 Å². The Bertz CT molecular complexity index is 813. The summed E-state index contributed by atoms with van der Waals surface area (Å²) >= 11 is 0. The lowest BCUT2D eigenvalue weighted by Gasteiger charge is -2.05. The van der Waals surface area contributed by atoms with Crippen LogP contribution >= 0.6 is 0 Å². The first-order valence-electron chi connectivity index (χ1n) is 16.6. The summed E-state index contributed by atoms with van der Waals surface area (Å²) in [7, 11) is -2.80. The van der Waals surface area contributed by atoms with Crippen molar-refractivity contribution in [3.63, 3.8) is 0 Å². The van der Waals surface area contributed by atoms with Crippen LogP contribution in [0.15, 0.2) is 60.7 Å². The van der Waals surface area contributed by atoms with Crippen LogP contribution in [0.1, 0.15) is 142 Å². The summed E-state index contributed by atoms with van der Waals surface area (Å²) in [6.45, 7) is 4.51. The van der Waals surface area contributed by atoms with E-state index in [1.54, 1.807) is 0 Å². The predicted octanol–water partition coefficient (Wildman–Crippen LogP) is 11.7. The highest BCUT2D eigenvalue weighted by Crippen LogP contribution is 2.19. The Morgan fingerprint density at radius 3 is 1.00 bits per heavy atom. The Morgan fingerprint density at radius 1 is 0.425 bits per heavy atom. The zero-order valence-corrected chi connectivity index (χ0v) is 26.8. The molecule has 0 aliphatic heterocycles. The molecule has 0 unspecified atom stereocenters. The quantitative estimate of drug-likeness (QED) is 0.117. The molecule has 2 aromatic carbocycles. The predicted molar refractivity (Wildman–Crippen MR) is 175 cm³/mol. The maximum absolute atomic E-state index is 12.1. The summed E-state index contributed by atoms with van der Waals surface area (Å²) < 4.78 is 29.8. The molecule has 0 spiro atoms. The molecule has 0 amide bonds. The van der Waals surface area contributed by atoms with Gasteiger partial charge in [0.05, 0.1) is 11.5 Å². The number of para-hydroxylation sites is 2. The van der Waals surface area contributed by atoms with Crippen LogP contribution in [0.25, 0.3) is 0 Å². The second-order valence-electron chi connectivity index (χ2n) is 11.2. The van der Waals surface area contributed by atoms with Crippen molar-refractivity contribution < 1.29 is 13.2 Å². The van der Waals surface area contributed by atoms with Crippen LogP contribution in [-0.4, -0.2) is 19.9 Å². The van der Waals surface area contributed by atoms with E-state index in [0.717, 1.165) is 37.2 Å². The van der Waals surface area contributed by atoms with E-state index in [4.69, 9.17) is 4.74 Å². The molecule has 0 aliphatic rings. The minimum Gasteiger partial charge on any atom is -0.457 e. The normalized spacial score (nSPS) is 11.2. The third kappa shape index (κ3) is 22.9. The van der Waals surface area contributed by atoms with Crippen molar-refractivity contribution in [1.82, 2.24) is 0 Å². The Hall–Kier alpha value is -1.81. The molecule has 0 bridgehead atoms. The number of sulfone groups is 1. The molecule has 0 heterocycles. The van der Waals surface area contributed by atoms with Crippen molar-refractivity contribution >= 4 is 9.84 Å². The first-order chi connectivity index (χ1) is 19.6. The van der Waals surface area contributed by atoms with Gasteiger partial charge in [-0.3, -0.25) is 0 Å². The van der Waals surface area contributed by atoms with Crippen LogP contribution in [0.3, 0.4) is 0 Å². The molecule has 0 fully saturated rings. The second kappa shape index (κ2) is 26.1. The van der Waals surface area contributed by atoms with E-state index in [9.17, 15) is 8.42 Å². The van der Waals surface area contributed by atoms with E-state index >= 15 is 0 Å². The van der Waals surface area contributed by atoms with E-state index in [-0.39, 0.29) is 0 Å². The average Bonchev–Trinajstić information content (AvgIpc) is 2.96. The van der Waals surface area contributed by atoms with Gasteiger partial charge in [0.1, 0.15) is 21.3 Å². The fraction of sp³-hybridized carbons (Fsp3) is 0.667. The second-order valence-corrected chi connectivity index (χ2v) is 13.5. The third-order valence-corrected chi connectivity index (χ3v) is 9.16. The first kappa shape index (κ1) is 36.2.